The van der Waals surface area contributed by atoms with E-state index in [1.165, 1.54) is 44.1 Å². The monoisotopic (exact) mass is 880 g/mol. The first-order valence-corrected chi connectivity index (χ1v) is 23.6. The van der Waals surface area contributed by atoms with Crippen molar-refractivity contribution in [3.8, 4) is 61.3 Å². The summed E-state index contributed by atoms with van der Waals surface area (Å²) in [5, 5.41) is 4.77. The van der Waals surface area contributed by atoms with Crippen molar-refractivity contribution in [1.29, 1.82) is 0 Å². The van der Waals surface area contributed by atoms with Gasteiger partial charge in [0.1, 0.15) is 11.2 Å². The van der Waals surface area contributed by atoms with Crippen molar-refractivity contribution in [3.05, 3.63) is 267 Å². The van der Waals surface area contributed by atoms with Gasteiger partial charge in [-0.15, -0.1) is 0 Å². The standard InChI is InChI=1S/C66H44N2O/c1-3-15-45(16-4-1)50-19-11-22-55(41-50)67(56-23-13-21-52(43-56)53-37-40-61-62-28-14-27-58(49-17-5-2-6-18-49)66(62)69-65(61)44-53)54-38-35-47(36-39-54)46-31-33-48(34-32-46)51-20-12-24-57(42-51)68-63-29-9-7-25-59(63)60-26-8-10-30-64(60)68/h1-44H. The van der Waals surface area contributed by atoms with Crippen molar-refractivity contribution in [2.24, 2.45) is 0 Å². The molecule has 69 heavy (non-hydrogen) atoms. The quantitative estimate of drug-likeness (QED) is 0.144. The number of para-hydroxylation sites is 3. The van der Waals surface area contributed by atoms with Gasteiger partial charge in [0.2, 0.25) is 0 Å². The van der Waals surface area contributed by atoms with Crippen LogP contribution in [-0.2, 0) is 0 Å². The number of benzene rings is 11. The first kappa shape index (κ1) is 40.1. The highest BCUT2D eigenvalue weighted by Gasteiger charge is 2.18. The molecule has 3 nitrogen and oxygen atoms in total. The zero-order valence-electron chi connectivity index (χ0n) is 37.7. The fourth-order valence-electron chi connectivity index (χ4n) is 10.2. The molecule has 0 fully saturated rings. The molecule has 0 saturated carbocycles. The lowest BCUT2D eigenvalue weighted by Gasteiger charge is -2.27. The summed E-state index contributed by atoms with van der Waals surface area (Å²) in [4.78, 5) is 2.36. The maximum absolute atomic E-state index is 6.68. The largest absolute Gasteiger partial charge is 0.455 e. The summed E-state index contributed by atoms with van der Waals surface area (Å²) in [6.07, 6.45) is 0. The van der Waals surface area contributed by atoms with Gasteiger partial charge in [0.15, 0.2) is 0 Å². The third-order valence-corrected chi connectivity index (χ3v) is 13.6. The summed E-state index contributed by atoms with van der Waals surface area (Å²) in [6, 6.07) is 95.9. The number of nitrogens with zero attached hydrogens (tertiary/aromatic N) is 2. The van der Waals surface area contributed by atoms with Gasteiger partial charge in [-0.2, -0.15) is 0 Å². The Labute approximate surface area is 401 Å². The second-order valence-electron chi connectivity index (χ2n) is 17.7. The van der Waals surface area contributed by atoms with Crippen LogP contribution in [0.3, 0.4) is 0 Å². The summed E-state index contributed by atoms with van der Waals surface area (Å²) in [7, 11) is 0. The number of rotatable bonds is 9. The molecule has 3 heteroatoms. The molecule has 0 amide bonds. The molecule has 0 aliphatic heterocycles. The van der Waals surface area contributed by atoms with Crippen LogP contribution in [0.4, 0.5) is 17.1 Å². The molecule has 0 aliphatic rings. The molecule has 0 atom stereocenters. The average Bonchev–Trinajstić information content (AvgIpc) is 3.98. The Hall–Kier alpha value is -9.18. The summed E-state index contributed by atoms with van der Waals surface area (Å²) < 4.78 is 9.06. The predicted octanol–water partition coefficient (Wildman–Crippen LogP) is 18.5. The second-order valence-corrected chi connectivity index (χ2v) is 17.7. The minimum atomic E-state index is 0.875. The number of hydrogen-bond acceptors (Lipinski definition) is 2. The maximum Gasteiger partial charge on any atom is 0.143 e. The zero-order valence-corrected chi connectivity index (χ0v) is 37.7. The van der Waals surface area contributed by atoms with Crippen LogP contribution in [0.15, 0.2) is 271 Å². The van der Waals surface area contributed by atoms with Gasteiger partial charge in [-0.3, -0.25) is 0 Å². The van der Waals surface area contributed by atoms with Crippen molar-refractivity contribution < 1.29 is 4.42 Å². The fourth-order valence-corrected chi connectivity index (χ4v) is 10.2. The number of furan rings is 1. The van der Waals surface area contributed by atoms with E-state index in [1.807, 2.05) is 6.07 Å². The Morgan fingerprint density at radius 3 is 1.38 bits per heavy atom. The maximum atomic E-state index is 6.68. The van der Waals surface area contributed by atoms with Crippen LogP contribution in [0, 0.1) is 0 Å². The highest BCUT2D eigenvalue weighted by molar-refractivity contribution is 6.11. The lowest BCUT2D eigenvalue weighted by molar-refractivity contribution is 0.670. The second kappa shape index (κ2) is 16.9. The van der Waals surface area contributed by atoms with Gasteiger partial charge in [0.25, 0.3) is 0 Å². The molecule has 13 aromatic rings. The van der Waals surface area contributed by atoms with Crippen molar-refractivity contribution in [2.75, 3.05) is 4.90 Å². The molecule has 0 N–H and O–H groups in total. The van der Waals surface area contributed by atoms with Crippen LogP contribution < -0.4 is 4.90 Å². The van der Waals surface area contributed by atoms with Crippen LogP contribution >= 0.6 is 0 Å². The molecule has 324 valence electrons. The molecule has 0 saturated heterocycles. The van der Waals surface area contributed by atoms with Gasteiger partial charge in [-0.1, -0.05) is 194 Å². The van der Waals surface area contributed by atoms with Crippen LogP contribution in [0.25, 0.3) is 105 Å². The Kier molecular flexibility index (Phi) is 9.84. The fraction of sp³-hybridized carbons (Fsp3) is 0. The Bertz CT molecular complexity index is 3940. The van der Waals surface area contributed by atoms with E-state index in [1.54, 1.807) is 0 Å². The predicted molar refractivity (Wildman–Crippen MR) is 290 cm³/mol. The number of aromatic nitrogens is 1. The highest BCUT2D eigenvalue weighted by atomic mass is 16.3. The highest BCUT2D eigenvalue weighted by Crippen LogP contribution is 2.42. The van der Waals surface area contributed by atoms with Crippen molar-refractivity contribution in [2.45, 2.75) is 0 Å². The average molecular weight is 881 g/mol. The van der Waals surface area contributed by atoms with Crippen molar-refractivity contribution in [1.82, 2.24) is 4.57 Å². The third kappa shape index (κ3) is 7.25. The van der Waals surface area contributed by atoms with Gasteiger partial charge in [-0.25, -0.2) is 0 Å². The van der Waals surface area contributed by atoms with Gasteiger partial charge in [0.05, 0.1) is 11.0 Å². The van der Waals surface area contributed by atoms with E-state index in [0.29, 0.717) is 0 Å². The van der Waals surface area contributed by atoms with Crippen LogP contribution in [0.2, 0.25) is 0 Å². The van der Waals surface area contributed by atoms with E-state index in [9.17, 15) is 0 Å². The number of fused-ring (bicyclic) bond motifs is 6. The minimum Gasteiger partial charge on any atom is -0.455 e. The van der Waals surface area contributed by atoms with E-state index in [2.05, 4.69) is 270 Å². The molecule has 2 heterocycles. The zero-order chi connectivity index (χ0) is 45.7. The van der Waals surface area contributed by atoms with Gasteiger partial charge in [-0.05, 0) is 123 Å². The summed E-state index contributed by atoms with van der Waals surface area (Å²) in [5.41, 5.74) is 20.1. The van der Waals surface area contributed by atoms with E-state index in [-0.39, 0.29) is 0 Å². The lowest BCUT2D eigenvalue weighted by atomic mass is 9.99. The lowest BCUT2D eigenvalue weighted by Crippen LogP contribution is -2.10. The van der Waals surface area contributed by atoms with Crippen molar-refractivity contribution in [3.63, 3.8) is 0 Å². The topological polar surface area (TPSA) is 21.3 Å². The Morgan fingerprint density at radius 2 is 0.725 bits per heavy atom. The number of hydrogen-bond donors (Lipinski definition) is 0. The number of anilines is 3. The van der Waals surface area contributed by atoms with Gasteiger partial charge in [0, 0.05) is 49.9 Å². The molecule has 0 aliphatic carbocycles. The molecule has 2 aromatic heterocycles. The molecular weight excluding hydrogens is 837 g/mol. The molecule has 0 unspecified atom stereocenters. The van der Waals surface area contributed by atoms with Crippen LogP contribution in [-0.4, -0.2) is 4.57 Å². The van der Waals surface area contributed by atoms with Gasteiger partial charge >= 0.3 is 0 Å². The van der Waals surface area contributed by atoms with E-state index in [0.717, 1.165) is 78.1 Å². The van der Waals surface area contributed by atoms with Crippen LogP contribution in [0.5, 0.6) is 0 Å². The smallest absolute Gasteiger partial charge is 0.143 e. The summed E-state index contributed by atoms with van der Waals surface area (Å²) in [6.45, 7) is 0. The first-order valence-electron chi connectivity index (χ1n) is 23.6. The Morgan fingerprint density at radius 1 is 0.275 bits per heavy atom. The van der Waals surface area contributed by atoms with E-state index in [4.69, 9.17) is 4.42 Å². The van der Waals surface area contributed by atoms with Gasteiger partial charge < -0.3 is 13.9 Å². The molecule has 11 aromatic carbocycles. The van der Waals surface area contributed by atoms with E-state index < -0.39 is 0 Å². The first-order chi connectivity index (χ1) is 34.2. The van der Waals surface area contributed by atoms with E-state index >= 15 is 0 Å². The molecular formula is C66H44N2O. The molecule has 13 rings (SSSR count). The Balaban J connectivity index is 0.839. The summed E-state index contributed by atoms with van der Waals surface area (Å²) >= 11 is 0. The minimum absolute atomic E-state index is 0.875. The summed E-state index contributed by atoms with van der Waals surface area (Å²) in [5.74, 6) is 0. The molecule has 0 spiro atoms. The SMILES string of the molecule is c1ccc(-c2cccc(N(c3ccc(-c4ccc(-c5cccc(-n6c7ccccc7c7ccccc76)c5)cc4)cc3)c3cccc(-c4ccc5c(c4)oc4c(-c6ccccc6)cccc45)c3)c2)cc1. The molecule has 0 radical (unpaired) electrons. The third-order valence-electron chi connectivity index (χ3n) is 13.6. The van der Waals surface area contributed by atoms with Crippen molar-refractivity contribution >= 4 is 60.8 Å². The normalized spacial score (nSPS) is 11.5. The van der Waals surface area contributed by atoms with Crippen LogP contribution in [0.1, 0.15) is 0 Å². The molecule has 0 bridgehead atoms.